The van der Waals surface area contributed by atoms with Crippen molar-refractivity contribution in [2.24, 2.45) is 0 Å². The molecule has 3 aromatic carbocycles. The number of amides is 1. The second-order valence-corrected chi connectivity index (χ2v) is 9.76. The molecule has 1 amide bonds. The predicted octanol–water partition coefficient (Wildman–Crippen LogP) is 4.60. The minimum absolute atomic E-state index is 0.00809. The minimum Gasteiger partial charge on any atom is -0.508 e. The lowest BCUT2D eigenvalue weighted by Crippen LogP contribution is -2.36. The molecule has 182 valence electrons. The maximum atomic E-state index is 13.4. The van der Waals surface area contributed by atoms with Crippen LogP contribution >= 0.6 is 0 Å². The second kappa shape index (κ2) is 10.6. The summed E-state index contributed by atoms with van der Waals surface area (Å²) in [5.41, 5.74) is 3.34. The SMILES string of the molecule is O=C(C=C1CCN(Cc2ccccc2O)CC1)N[C@@H]1CCN(Cc2ccc3cc(F)ccc3c2)C1. The van der Waals surface area contributed by atoms with Gasteiger partial charge in [0.25, 0.3) is 0 Å². The fraction of sp³-hybridized carbons (Fsp3) is 0.345. The van der Waals surface area contributed by atoms with Crippen molar-refractivity contribution in [2.75, 3.05) is 26.2 Å². The summed E-state index contributed by atoms with van der Waals surface area (Å²) < 4.78 is 13.4. The zero-order valence-corrected chi connectivity index (χ0v) is 19.9. The third kappa shape index (κ3) is 6.08. The summed E-state index contributed by atoms with van der Waals surface area (Å²) in [6, 6.07) is 18.7. The highest BCUT2D eigenvalue weighted by Crippen LogP contribution is 2.23. The van der Waals surface area contributed by atoms with Crippen molar-refractivity contribution in [1.29, 1.82) is 0 Å². The van der Waals surface area contributed by atoms with Gasteiger partial charge in [-0.2, -0.15) is 0 Å². The molecule has 2 fully saturated rings. The van der Waals surface area contributed by atoms with Crippen LogP contribution in [0.4, 0.5) is 4.39 Å². The molecule has 2 N–H and O–H groups in total. The second-order valence-electron chi connectivity index (χ2n) is 9.76. The molecule has 2 aliphatic rings. The summed E-state index contributed by atoms with van der Waals surface area (Å²) >= 11 is 0. The molecule has 2 heterocycles. The molecule has 0 aliphatic carbocycles. The Bertz CT molecular complexity index is 1230. The number of carbonyl (C=O) groups excluding carboxylic acids is 1. The number of rotatable bonds is 6. The fourth-order valence-corrected chi connectivity index (χ4v) is 5.17. The molecule has 35 heavy (non-hydrogen) atoms. The highest BCUT2D eigenvalue weighted by molar-refractivity contribution is 5.88. The Morgan fingerprint density at radius 3 is 2.57 bits per heavy atom. The van der Waals surface area contributed by atoms with Crippen LogP contribution in [0, 0.1) is 5.82 Å². The standard InChI is InChI=1S/C29H32FN3O2/c30-26-8-7-23-15-22(5-6-24(23)17-26)18-33-14-11-27(20-33)31-29(35)16-21-9-12-32(13-10-21)19-25-3-1-2-4-28(25)34/h1-8,15-17,27,34H,9-14,18-20H2,(H,31,35)/t27-/m1/s1. The molecule has 6 heteroatoms. The van der Waals surface area contributed by atoms with E-state index in [4.69, 9.17) is 0 Å². The van der Waals surface area contributed by atoms with Crippen LogP contribution in [0.1, 0.15) is 30.4 Å². The van der Waals surface area contributed by atoms with Crippen molar-refractivity contribution >= 4 is 16.7 Å². The first-order valence-electron chi connectivity index (χ1n) is 12.4. The van der Waals surface area contributed by atoms with Gasteiger partial charge in [-0.05, 0) is 59.9 Å². The van der Waals surface area contributed by atoms with Gasteiger partial charge in [-0.25, -0.2) is 4.39 Å². The Morgan fingerprint density at radius 2 is 1.74 bits per heavy atom. The van der Waals surface area contributed by atoms with Crippen molar-refractivity contribution in [2.45, 2.75) is 38.4 Å². The maximum absolute atomic E-state index is 13.4. The van der Waals surface area contributed by atoms with Gasteiger partial charge in [0.2, 0.25) is 5.91 Å². The molecule has 5 rings (SSSR count). The van der Waals surface area contributed by atoms with E-state index in [2.05, 4.69) is 27.2 Å². The number of likely N-dealkylation sites (tertiary alicyclic amines) is 2. The van der Waals surface area contributed by atoms with Crippen LogP contribution in [0.2, 0.25) is 0 Å². The number of phenols is 1. The first kappa shape index (κ1) is 23.5. The van der Waals surface area contributed by atoms with E-state index in [-0.39, 0.29) is 17.8 Å². The van der Waals surface area contributed by atoms with Crippen LogP contribution in [0.3, 0.4) is 0 Å². The molecule has 0 unspecified atom stereocenters. The minimum atomic E-state index is -0.212. The van der Waals surface area contributed by atoms with Crippen LogP contribution in [-0.2, 0) is 17.9 Å². The number of benzene rings is 3. The molecule has 0 radical (unpaired) electrons. The van der Waals surface area contributed by atoms with Gasteiger partial charge in [0.1, 0.15) is 11.6 Å². The Labute approximate surface area is 205 Å². The Balaban J connectivity index is 1.08. The first-order chi connectivity index (χ1) is 17.0. The van der Waals surface area contributed by atoms with E-state index in [1.807, 2.05) is 30.3 Å². The number of piperidine rings is 1. The third-order valence-corrected chi connectivity index (χ3v) is 7.11. The van der Waals surface area contributed by atoms with E-state index in [9.17, 15) is 14.3 Å². The number of aromatic hydroxyl groups is 1. The predicted molar refractivity (Wildman–Crippen MR) is 136 cm³/mol. The van der Waals surface area contributed by atoms with Gasteiger partial charge >= 0.3 is 0 Å². The molecule has 2 saturated heterocycles. The van der Waals surface area contributed by atoms with Crippen LogP contribution in [0.5, 0.6) is 5.75 Å². The number of para-hydroxylation sites is 1. The van der Waals surface area contributed by atoms with Gasteiger partial charge in [-0.1, -0.05) is 42.0 Å². The molecule has 0 aromatic heterocycles. The van der Waals surface area contributed by atoms with Crippen molar-refractivity contribution in [1.82, 2.24) is 15.1 Å². The van der Waals surface area contributed by atoms with Crippen LogP contribution in [-0.4, -0.2) is 53.0 Å². The van der Waals surface area contributed by atoms with Gasteiger partial charge in [-0.15, -0.1) is 0 Å². The smallest absolute Gasteiger partial charge is 0.244 e. The number of hydrogen-bond acceptors (Lipinski definition) is 4. The van der Waals surface area contributed by atoms with E-state index in [0.29, 0.717) is 5.75 Å². The number of fused-ring (bicyclic) bond motifs is 1. The number of nitrogens with one attached hydrogen (secondary N) is 1. The molecular formula is C29H32FN3O2. The molecular weight excluding hydrogens is 441 g/mol. The van der Waals surface area contributed by atoms with E-state index >= 15 is 0 Å². The largest absolute Gasteiger partial charge is 0.508 e. The molecule has 2 aliphatic heterocycles. The Hall–Kier alpha value is -3.22. The van der Waals surface area contributed by atoms with Gasteiger partial charge in [-0.3, -0.25) is 14.6 Å². The normalized spacial score (nSPS) is 19.2. The van der Waals surface area contributed by atoms with Crippen molar-refractivity contribution in [3.05, 3.63) is 89.3 Å². The summed E-state index contributed by atoms with van der Waals surface area (Å²) in [4.78, 5) is 17.3. The van der Waals surface area contributed by atoms with Gasteiger partial charge in [0.15, 0.2) is 0 Å². The molecule has 0 saturated carbocycles. The lowest BCUT2D eigenvalue weighted by atomic mass is 10.0. The summed E-state index contributed by atoms with van der Waals surface area (Å²) in [6.07, 6.45) is 4.50. The van der Waals surface area contributed by atoms with Gasteiger partial charge in [0, 0.05) is 56.9 Å². The molecule has 1 atom stereocenters. The lowest BCUT2D eigenvalue weighted by molar-refractivity contribution is -0.117. The average Bonchev–Trinajstić information content (AvgIpc) is 3.28. The highest BCUT2D eigenvalue weighted by atomic mass is 19.1. The molecule has 5 nitrogen and oxygen atoms in total. The van der Waals surface area contributed by atoms with E-state index in [1.54, 1.807) is 18.2 Å². The number of phenolic OH excluding ortho intramolecular Hbond substituents is 1. The quantitative estimate of drug-likeness (QED) is 0.514. The Kier molecular flexibility index (Phi) is 7.11. The molecule has 3 aromatic rings. The summed E-state index contributed by atoms with van der Waals surface area (Å²) in [6.45, 7) is 5.13. The van der Waals surface area contributed by atoms with E-state index in [1.165, 1.54) is 17.2 Å². The zero-order chi connectivity index (χ0) is 24.2. The van der Waals surface area contributed by atoms with Crippen LogP contribution in [0.15, 0.2) is 72.3 Å². The van der Waals surface area contributed by atoms with Gasteiger partial charge < -0.3 is 10.4 Å². The van der Waals surface area contributed by atoms with Crippen LogP contribution in [0.25, 0.3) is 10.8 Å². The molecule has 0 spiro atoms. The molecule has 0 bridgehead atoms. The third-order valence-electron chi connectivity index (χ3n) is 7.11. The Morgan fingerprint density at radius 1 is 0.971 bits per heavy atom. The number of nitrogens with zero attached hydrogens (tertiary/aromatic N) is 2. The number of carbonyl (C=O) groups is 1. The lowest BCUT2D eigenvalue weighted by Gasteiger charge is -2.28. The van der Waals surface area contributed by atoms with Crippen LogP contribution < -0.4 is 5.32 Å². The van der Waals surface area contributed by atoms with Crippen molar-refractivity contribution < 1.29 is 14.3 Å². The fourth-order valence-electron chi connectivity index (χ4n) is 5.17. The van der Waals surface area contributed by atoms with E-state index < -0.39 is 0 Å². The van der Waals surface area contributed by atoms with Crippen molar-refractivity contribution in [3.8, 4) is 5.75 Å². The summed E-state index contributed by atoms with van der Waals surface area (Å²) in [5, 5.41) is 15.1. The summed E-state index contributed by atoms with van der Waals surface area (Å²) in [7, 11) is 0. The van der Waals surface area contributed by atoms with Gasteiger partial charge in [0.05, 0.1) is 0 Å². The first-order valence-corrected chi connectivity index (χ1v) is 12.4. The topological polar surface area (TPSA) is 55.8 Å². The number of halogens is 1. The van der Waals surface area contributed by atoms with E-state index in [0.717, 1.165) is 74.9 Å². The number of hydrogen-bond donors (Lipinski definition) is 2. The van der Waals surface area contributed by atoms with Crippen molar-refractivity contribution in [3.63, 3.8) is 0 Å². The zero-order valence-electron chi connectivity index (χ0n) is 19.9. The monoisotopic (exact) mass is 473 g/mol. The maximum Gasteiger partial charge on any atom is 0.244 e. The highest BCUT2D eigenvalue weighted by Gasteiger charge is 2.24. The average molecular weight is 474 g/mol. The summed E-state index contributed by atoms with van der Waals surface area (Å²) in [5.74, 6) is 0.139.